The molecule has 0 saturated heterocycles. The van der Waals surface area contributed by atoms with Gasteiger partial charge in [0.25, 0.3) is 5.91 Å². The molecule has 4 rings (SSSR count). The van der Waals surface area contributed by atoms with E-state index < -0.39 is 17.6 Å². The molecule has 31 heavy (non-hydrogen) atoms. The van der Waals surface area contributed by atoms with Gasteiger partial charge in [0.1, 0.15) is 5.82 Å². The monoisotopic (exact) mass is 451 g/mol. The maximum atomic E-state index is 12.9. The minimum Gasteiger partial charge on any atom is -0.349 e. The highest BCUT2D eigenvalue weighted by molar-refractivity contribution is 6.33. The van der Waals surface area contributed by atoms with E-state index in [0.717, 1.165) is 42.4 Å². The summed E-state index contributed by atoms with van der Waals surface area (Å²) in [6, 6.07) is 6.32. The maximum Gasteiger partial charge on any atom is 0.416 e. The Morgan fingerprint density at radius 3 is 2.65 bits per heavy atom. The molecule has 2 aromatic rings. The molecule has 0 spiro atoms. The van der Waals surface area contributed by atoms with E-state index in [1.165, 1.54) is 0 Å². The lowest BCUT2D eigenvalue weighted by Crippen LogP contribution is -2.40. The second kappa shape index (κ2) is 8.49. The van der Waals surface area contributed by atoms with Crippen LogP contribution in [0.25, 0.3) is 0 Å². The van der Waals surface area contributed by atoms with E-state index in [1.807, 2.05) is 12.1 Å². The first-order chi connectivity index (χ1) is 14.7. The van der Waals surface area contributed by atoms with Gasteiger partial charge in [0, 0.05) is 24.3 Å². The fourth-order valence-electron chi connectivity index (χ4n) is 4.26. The molecule has 2 aliphatic rings. The number of rotatable bonds is 4. The zero-order valence-corrected chi connectivity index (χ0v) is 17.3. The molecule has 0 radical (unpaired) electrons. The minimum atomic E-state index is -4.54. The van der Waals surface area contributed by atoms with E-state index in [9.17, 15) is 22.8 Å². The van der Waals surface area contributed by atoms with Gasteiger partial charge in [-0.25, -0.2) is 4.98 Å². The van der Waals surface area contributed by atoms with Crippen LogP contribution in [0.15, 0.2) is 36.5 Å². The summed E-state index contributed by atoms with van der Waals surface area (Å²) in [5.41, 5.74) is -0.148. The van der Waals surface area contributed by atoms with Gasteiger partial charge < -0.3 is 5.32 Å². The first-order valence-electron chi connectivity index (χ1n) is 10.1. The summed E-state index contributed by atoms with van der Waals surface area (Å²) < 4.78 is 38.8. The van der Waals surface area contributed by atoms with Crippen molar-refractivity contribution in [1.29, 1.82) is 0 Å². The second-order valence-corrected chi connectivity index (χ2v) is 8.46. The smallest absolute Gasteiger partial charge is 0.349 e. The summed E-state index contributed by atoms with van der Waals surface area (Å²) in [4.78, 5) is 30.9. The molecule has 0 unspecified atom stereocenters. The third-order valence-electron chi connectivity index (χ3n) is 5.93. The van der Waals surface area contributed by atoms with E-state index in [0.29, 0.717) is 25.8 Å². The molecule has 1 aromatic heterocycles. The number of pyridine rings is 1. The fourth-order valence-corrected chi connectivity index (χ4v) is 4.47. The summed E-state index contributed by atoms with van der Waals surface area (Å²) in [6.45, 7) is 0.586. The number of nitrogens with zero attached hydrogens (tertiary/aromatic N) is 2. The Kier molecular flexibility index (Phi) is 5.92. The number of amides is 2. The zero-order chi connectivity index (χ0) is 22.2. The lowest BCUT2D eigenvalue weighted by Gasteiger charge is -2.31. The van der Waals surface area contributed by atoms with Crippen LogP contribution in [0, 0.1) is 5.92 Å². The standard InChI is InChI=1S/C22H21ClF3N3O2/c23-18-8-5-15(22(24,25)26)11-17(18)21(31)28-16-6-3-13(4-7-16)12-29-19(30)10-14-2-1-9-27-20(14)29/h1-2,5,8-9,11,13,16H,3-4,6-7,10,12H2,(H,28,31)/t13-,16-. The number of carbonyl (C=O) groups excluding carboxylic acids is 2. The van der Waals surface area contributed by atoms with Gasteiger partial charge in [0.2, 0.25) is 5.91 Å². The number of halogens is 4. The normalized spacial score (nSPS) is 21.2. The van der Waals surface area contributed by atoms with E-state index >= 15 is 0 Å². The van der Waals surface area contributed by atoms with E-state index in [-0.39, 0.29) is 28.5 Å². The molecular weight excluding hydrogens is 431 g/mol. The Bertz CT molecular complexity index is 1000. The van der Waals surface area contributed by atoms with Crippen LogP contribution >= 0.6 is 11.6 Å². The second-order valence-electron chi connectivity index (χ2n) is 8.05. The van der Waals surface area contributed by atoms with Gasteiger partial charge in [-0.2, -0.15) is 13.2 Å². The Morgan fingerprint density at radius 2 is 1.94 bits per heavy atom. The topological polar surface area (TPSA) is 62.3 Å². The molecule has 1 N–H and O–H groups in total. The number of hydrogen-bond donors (Lipinski definition) is 1. The highest BCUT2D eigenvalue weighted by atomic mass is 35.5. The molecule has 0 bridgehead atoms. The van der Waals surface area contributed by atoms with Crippen molar-refractivity contribution >= 4 is 29.2 Å². The number of hydrogen-bond acceptors (Lipinski definition) is 3. The quantitative estimate of drug-likeness (QED) is 0.737. The van der Waals surface area contributed by atoms with Gasteiger partial charge >= 0.3 is 6.18 Å². The Hall–Kier alpha value is -2.61. The van der Waals surface area contributed by atoms with Crippen molar-refractivity contribution in [2.24, 2.45) is 5.92 Å². The number of nitrogens with one attached hydrogen (secondary N) is 1. The lowest BCUT2D eigenvalue weighted by molar-refractivity contribution is -0.137. The highest BCUT2D eigenvalue weighted by Crippen LogP contribution is 2.33. The van der Waals surface area contributed by atoms with E-state index in [2.05, 4.69) is 10.3 Å². The van der Waals surface area contributed by atoms with Gasteiger partial charge in [-0.3, -0.25) is 14.5 Å². The molecule has 1 fully saturated rings. The van der Waals surface area contributed by atoms with Gasteiger partial charge in [0.05, 0.1) is 22.6 Å². The minimum absolute atomic E-state index is 0.0158. The van der Waals surface area contributed by atoms with E-state index in [1.54, 1.807) is 11.1 Å². The van der Waals surface area contributed by atoms with Gasteiger partial charge in [0.15, 0.2) is 0 Å². The lowest BCUT2D eigenvalue weighted by atomic mass is 9.85. The average Bonchev–Trinajstić information content (AvgIpc) is 3.04. The molecular formula is C22H21ClF3N3O2. The first-order valence-corrected chi connectivity index (χ1v) is 10.5. The van der Waals surface area contributed by atoms with Crippen LogP contribution in [0.1, 0.15) is 47.2 Å². The van der Waals surface area contributed by atoms with Crippen molar-refractivity contribution in [3.63, 3.8) is 0 Å². The van der Waals surface area contributed by atoms with Crippen LogP contribution in [-0.4, -0.2) is 29.4 Å². The molecule has 1 aromatic carbocycles. The molecule has 164 valence electrons. The third kappa shape index (κ3) is 4.69. The SMILES string of the molecule is O=C(N[C@H]1CC[C@H](CN2C(=O)Cc3cccnc32)CC1)c1cc(C(F)(F)F)ccc1Cl. The number of carbonyl (C=O) groups is 2. The molecule has 2 amide bonds. The predicted molar refractivity (Wildman–Crippen MR) is 110 cm³/mol. The molecule has 2 heterocycles. The number of fused-ring (bicyclic) bond motifs is 1. The van der Waals surface area contributed by atoms with Crippen molar-refractivity contribution < 1.29 is 22.8 Å². The summed E-state index contributed by atoms with van der Waals surface area (Å²) in [6.07, 6.45) is 0.467. The highest BCUT2D eigenvalue weighted by Gasteiger charge is 2.33. The summed E-state index contributed by atoms with van der Waals surface area (Å²) >= 11 is 5.96. The summed E-state index contributed by atoms with van der Waals surface area (Å²) in [5, 5.41) is 2.79. The van der Waals surface area contributed by atoms with Crippen molar-refractivity contribution in [3.05, 3.63) is 58.2 Å². The molecule has 0 atom stereocenters. The molecule has 1 saturated carbocycles. The van der Waals surface area contributed by atoms with Crippen LogP contribution in [0.3, 0.4) is 0 Å². The number of anilines is 1. The van der Waals surface area contributed by atoms with Crippen molar-refractivity contribution in [3.8, 4) is 0 Å². The Morgan fingerprint density at radius 1 is 1.19 bits per heavy atom. The fraction of sp³-hybridized carbons (Fsp3) is 0.409. The Labute approximate surface area is 182 Å². The number of benzene rings is 1. The summed E-state index contributed by atoms with van der Waals surface area (Å²) in [7, 11) is 0. The molecule has 5 nitrogen and oxygen atoms in total. The largest absolute Gasteiger partial charge is 0.416 e. The van der Waals surface area contributed by atoms with Gasteiger partial charge in [-0.15, -0.1) is 0 Å². The number of aromatic nitrogens is 1. The molecule has 9 heteroatoms. The zero-order valence-electron chi connectivity index (χ0n) is 16.6. The average molecular weight is 452 g/mol. The first kappa shape index (κ1) is 21.6. The third-order valence-corrected chi connectivity index (χ3v) is 6.26. The summed E-state index contributed by atoms with van der Waals surface area (Å²) in [5.74, 6) is 0.444. The van der Waals surface area contributed by atoms with Gasteiger partial charge in [-0.05, 0) is 55.9 Å². The van der Waals surface area contributed by atoms with Crippen molar-refractivity contribution in [2.45, 2.75) is 44.3 Å². The van der Waals surface area contributed by atoms with E-state index in [4.69, 9.17) is 11.6 Å². The Balaban J connectivity index is 1.34. The van der Waals surface area contributed by atoms with Crippen LogP contribution in [0.2, 0.25) is 5.02 Å². The van der Waals surface area contributed by atoms with Crippen molar-refractivity contribution in [1.82, 2.24) is 10.3 Å². The van der Waals surface area contributed by atoms with Crippen LogP contribution < -0.4 is 10.2 Å². The predicted octanol–water partition coefficient (Wildman–Crippen LogP) is 4.63. The number of alkyl halides is 3. The van der Waals surface area contributed by atoms with Crippen LogP contribution in [0.4, 0.5) is 19.0 Å². The van der Waals surface area contributed by atoms with Crippen LogP contribution in [-0.2, 0) is 17.4 Å². The van der Waals surface area contributed by atoms with Gasteiger partial charge in [-0.1, -0.05) is 17.7 Å². The molecule has 1 aliphatic carbocycles. The maximum absolute atomic E-state index is 12.9. The van der Waals surface area contributed by atoms with Crippen molar-refractivity contribution in [2.75, 3.05) is 11.4 Å². The molecule has 1 aliphatic heterocycles. The van der Waals surface area contributed by atoms with Crippen LogP contribution in [0.5, 0.6) is 0 Å².